The third-order valence-electron chi connectivity index (χ3n) is 2.88. The van der Waals surface area contributed by atoms with Crippen molar-refractivity contribution in [3.63, 3.8) is 0 Å². The molecule has 0 spiro atoms. The topological polar surface area (TPSA) is 61.0 Å². The summed E-state index contributed by atoms with van der Waals surface area (Å²) in [5, 5.41) is 7.70. The zero-order valence-corrected chi connectivity index (χ0v) is 9.87. The number of thiocarbonyl (C=S) groups is 1. The van der Waals surface area contributed by atoms with Crippen molar-refractivity contribution in [2.75, 3.05) is 6.61 Å². The largest absolute Gasteiger partial charge is 0.476 e. The van der Waals surface area contributed by atoms with Gasteiger partial charge in [-0.05, 0) is 24.8 Å². The second-order valence-corrected chi connectivity index (χ2v) is 4.52. The van der Waals surface area contributed by atoms with Crippen molar-refractivity contribution in [2.45, 2.75) is 25.7 Å². The van der Waals surface area contributed by atoms with E-state index in [2.05, 4.69) is 10.2 Å². The number of rotatable bonds is 4. The number of nitrogens with zero attached hydrogens (tertiary/aromatic N) is 2. The number of hydrogen-bond donors (Lipinski definition) is 1. The molecule has 5 heteroatoms. The highest BCUT2D eigenvalue weighted by atomic mass is 32.1. The van der Waals surface area contributed by atoms with Crippen molar-refractivity contribution in [1.29, 1.82) is 0 Å². The van der Waals surface area contributed by atoms with Gasteiger partial charge < -0.3 is 10.5 Å². The SMILES string of the molecule is NC(=S)c1ccnnc1OCC1CCCC1. The van der Waals surface area contributed by atoms with E-state index in [0.29, 0.717) is 29.0 Å². The molecule has 0 aromatic carbocycles. The number of aromatic nitrogens is 2. The summed E-state index contributed by atoms with van der Waals surface area (Å²) in [5.74, 6) is 1.10. The summed E-state index contributed by atoms with van der Waals surface area (Å²) in [6.07, 6.45) is 6.65. The van der Waals surface area contributed by atoms with E-state index in [0.717, 1.165) is 0 Å². The molecule has 1 aliphatic rings. The Labute approximate surface area is 100 Å². The van der Waals surface area contributed by atoms with Crippen LogP contribution in [-0.4, -0.2) is 21.8 Å². The van der Waals surface area contributed by atoms with E-state index in [-0.39, 0.29) is 0 Å². The molecule has 0 aliphatic heterocycles. The van der Waals surface area contributed by atoms with Crippen molar-refractivity contribution in [3.05, 3.63) is 17.8 Å². The Bertz CT molecular complexity index is 377. The Balaban J connectivity index is 2.00. The van der Waals surface area contributed by atoms with Crippen LogP contribution in [0, 0.1) is 5.92 Å². The Morgan fingerprint density at radius 1 is 1.50 bits per heavy atom. The molecule has 86 valence electrons. The van der Waals surface area contributed by atoms with Crippen molar-refractivity contribution in [2.24, 2.45) is 11.7 Å². The average Bonchev–Trinajstić information content (AvgIpc) is 2.79. The molecule has 0 radical (unpaired) electrons. The van der Waals surface area contributed by atoms with Crippen LogP contribution in [0.25, 0.3) is 0 Å². The lowest BCUT2D eigenvalue weighted by Gasteiger charge is -2.12. The highest BCUT2D eigenvalue weighted by molar-refractivity contribution is 7.80. The molecule has 0 amide bonds. The first-order valence-corrected chi connectivity index (χ1v) is 5.92. The fraction of sp³-hybridized carbons (Fsp3) is 0.545. The summed E-state index contributed by atoms with van der Waals surface area (Å²) in [6, 6.07) is 1.74. The van der Waals surface area contributed by atoms with Gasteiger partial charge in [-0.3, -0.25) is 0 Å². The van der Waals surface area contributed by atoms with Gasteiger partial charge in [0.1, 0.15) is 4.99 Å². The third-order valence-corrected chi connectivity index (χ3v) is 3.10. The maximum absolute atomic E-state index is 5.64. The molecule has 0 bridgehead atoms. The quantitative estimate of drug-likeness (QED) is 0.807. The first kappa shape index (κ1) is 11.3. The summed E-state index contributed by atoms with van der Waals surface area (Å²) >= 11 is 4.93. The first-order valence-electron chi connectivity index (χ1n) is 5.51. The Kier molecular flexibility index (Phi) is 3.66. The first-order chi connectivity index (χ1) is 7.77. The lowest BCUT2D eigenvalue weighted by atomic mass is 10.1. The average molecular weight is 237 g/mol. The van der Waals surface area contributed by atoms with Gasteiger partial charge in [-0.1, -0.05) is 25.1 Å². The van der Waals surface area contributed by atoms with Gasteiger partial charge in [0, 0.05) is 0 Å². The van der Waals surface area contributed by atoms with Crippen LogP contribution in [0.2, 0.25) is 0 Å². The van der Waals surface area contributed by atoms with Crippen LogP contribution >= 0.6 is 12.2 Å². The molecule has 0 saturated heterocycles. The van der Waals surface area contributed by atoms with Crippen LogP contribution in [0.4, 0.5) is 0 Å². The predicted octanol–water partition coefficient (Wildman–Crippen LogP) is 1.68. The molecule has 1 saturated carbocycles. The molecule has 1 aliphatic carbocycles. The van der Waals surface area contributed by atoms with Crippen molar-refractivity contribution < 1.29 is 4.74 Å². The van der Waals surface area contributed by atoms with Crippen LogP contribution in [-0.2, 0) is 0 Å². The summed E-state index contributed by atoms with van der Waals surface area (Å²) in [5.41, 5.74) is 6.25. The maximum Gasteiger partial charge on any atom is 0.243 e. The van der Waals surface area contributed by atoms with Crippen molar-refractivity contribution in [1.82, 2.24) is 10.2 Å². The van der Waals surface area contributed by atoms with Crippen LogP contribution in [0.3, 0.4) is 0 Å². The van der Waals surface area contributed by atoms with Gasteiger partial charge in [-0.25, -0.2) is 0 Å². The number of nitrogens with two attached hydrogens (primary N) is 1. The monoisotopic (exact) mass is 237 g/mol. The smallest absolute Gasteiger partial charge is 0.243 e. The predicted molar refractivity (Wildman–Crippen MR) is 65.4 cm³/mol. The van der Waals surface area contributed by atoms with Gasteiger partial charge in [0.15, 0.2) is 0 Å². The lowest BCUT2D eigenvalue weighted by Crippen LogP contribution is -2.16. The summed E-state index contributed by atoms with van der Waals surface area (Å²) < 4.78 is 5.64. The number of hydrogen-bond acceptors (Lipinski definition) is 4. The number of ether oxygens (including phenoxy) is 1. The Hall–Kier alpha value is -1.23. The molecule has 16 heavy (non-hydrogen) atoms. The molecule has 1 aromatic rings. The van der Waals surface area contributed by atoms with Crippen LogP contribution < -0.4 is 10.5 Å². The van der Waals surface area contributed by atoms with E-state index in [9.17, 15) is 0 Å². The van der Waals surface area contributed by atoms with Gasteiger partial charge in [0.05, 0.1) is 18.4 Å². The van der Waals surface area contributed by atoms with E-state index < -0.39 is 0 Å². The minimum atomic E-state index is 0.302. The highest BCUT2D eigenvalue weighted by Gasteiger charge is 2.17. The molecular weight excluding hydrogens is 222 g/mol. The fourth-order valence-electron chi connectivity index (χ4n) is 1.99. The highest BCUT2D eigenvalue weighted by Crippen LogP contribution is 2.25. The zero-order valence-electron chi connectivity index (χ0n) is 9.06. The second kappa shape index (κ2) is 5.21. The summed E-state index contributed by atoms with van der Waals surface area (Å²) in [4.78, 5) is 0.302. The van der Waals surface area contributed by atoms with E-state index in [4.69, 9.17) is 22.7 Å². The van der Waals surface area contributed by atoms with Gasteiger partial charge in [0.2, 0.25) is 5.88 Å². The molecule has 0 atom stereocenters. The van der Waals surface area contributed by atoms with Crippen LogP contribution in [0.1, 0.15) is 31.2 Å². The molecule has 1 aromatic heterocycles. The van der Waals surface area contributed by atoms with Crippen molar-refractivity contribution in [3.8, 4) is 5.88 Å². The van der Waals surface area contributed by atoms with E-state index in [1.807, 2.05) is 0 Å². The fourth-order valence-corrected chi connectivity index (χ4v) is 2.14. The third kappa shape index (κ3) is 2.66. The second-order valence-electron chi connectivity index (χ2n) is 4.08. The van der Waals surface area contributed by atoms with E-state index in [1.54, 1.807) is 12.3 Å². The molecule has 2 N–H and O–H groups in total. The lowest BCUT2D eigenvalue weighted by molar-refractivity contribution is 0.241. The summed E-state index contributed by atoms with van der Waals surface area (Å²) in [6.45, 7) is 0.689. The minimum absolute atomic E-state index is 0.302. The molecule has 1 fully saturated rings. The zero-order chi connectivity index (χ0) is 11.4. The summed E-state index contributed by atoms with van der Waals surface area (Å²) in [7, 11) is 0. The molecule has 1 heterocycles. The Morgan fingerprint density at radius 2 is 2.25 bits per heavy atom. The van der Waals surface area contributed by atoms with E-state index in [1.165, 1.54) is 25.7 Å². The van der Waals surface area contributed by atoms with Gasteiger partial charge in [0.25, 0.3) is 0 Å². The molecule has 0 unspecified atom stereocenters. The molecular formula is C11H15N3OS. The van der Waals surface area contributed by atoms with Crippen LogP contribution in [0.5, 0.6) is 5.88 Å². The normalized spacial score (nSPS) is 16.2. The van der Waals surface area contributed by atoms with Gasteiger partial charge in [-0.2, -0.15) is 5.10 Å². The molecule has 4 nitrogen and oxygen atoms in total. The van der Waals surface area contributed by atoms with Crippen LogP contribution in [0.15, 0.2) is 12.3 Å². The Morgan fingerprint density at radius 3 is 2.94 bits per heavy atom. The van der Waals surface area contributed by atoms with Crippen molar-refractivity contribution >= 4 is 17.2 Å². The maximum atomic E-state index is 5.64. The minimum Gasteiger partial charge on any atom is -0.476 e. The van der Waals surface area contributed by atoms with Gasteiger partial charge in [-0.15, -0.1) is 5.10 Å². The van der Waals surface area contributed by atoms with Gasteiger partial charge >= 0.3 is 0 Å². The van der Waals surface area contributed by atoms with E-state index >= 15 is 0 Å². The molecule has 2 rings (SSSR count). The standard InChI is InChI=1S/C11H15N3OS/c12-10(16)9-5-6-13-14-11(9)15-7-8-3-1-2-4-8/h5-6,8H,1-4,7H2,(H2,12,16).